The molecular weight excluding hydrogens is 336 g/mol. The quantitative estimate of drug-likeness (QED) is 0.727. The van der Waals surface area contributed by atoms with Gasteiger partial charge in [0.1, 0.15) is 0 Å². The summed E-state index contributed by atoms with van der Waals surface area (Å²) in [7, 11) is 0. The van der Waals surface area contributed by atoms with Crippen molar-refractivity contribution in [1.82, 2.24) is 10.6 Å². The summed E-state index contributed by atoms with van der Waals surface area (Å²) in [6.45, 7) is 0. The lowest BCUT2D eigenvalue weighted by molar-refractivity contribution is -0.129. The summed E-state index contributed by atoms with van der Waals surface area (Å²) < 4.78 is 0. The van der Waals surface area contributed by atoms with Crippen LogP contribution in [0.1, 0.15) is 96.3 Å². The number of carbonyl (C=O) groups excluding carboxylic acids is 2. The first-order valence-electron chi connectivity index (χ1n) is 11.8. The summed E-state index contributed by atoms with van der Waals surface area (Å²) in [6.07, 6.45) is 18.1. The molecule has 0 atom stereocenters. The van der Waals surface area contributed by atoms with Crippen LogP contribution in [-0.4, -0.2) is 23.9 Å². The number of hydrogen-bond acceptors (Lipinski definition) is 2. The van der Waals surface area contributed by atoms with E-state index in [-0.39, 0.29) is 0 Å². The lowest BCUT2D eigenvalue weighted by atomic mass is 9.75. The molecule has 0 aromatic rings. The SMILES string of the molecule is O=C(NC1CCC(CC2CCC(NC(=O)C3CCC3)CC2)CC1)C1CCC1. The summed E-state index contributed by atoms with van der Waals surface area (Å²) in [6, 6.07) is 0.874. The van der Waals surface area contributed by atoms with Crippen molar-refractivity contribution in [2.45, 2.75) is 108 Å². The maximum absolute atomic E-state index is 12.1. The topological polar surface area (TPSA) is 58.2 Å². The van der Waals surface area contributed by atoms with E-state index in [0.29, 0.717) is 35.7 Å². The van der Waals surface area contributed by atoms with Crippen LogP contribution in [0.5, 0.6) is 0 Å². The molecule has 0 radical (unpaired) electrons. The molecule has 4 rings (SSSR count). The number of rotatable bonds is 6. The zero-order chi connectivity index (χ0) is 18.6. The highest BCUT2D eigenvalue weighted by Gasteiger charge is 2.31. The molecule has 0 bridgehead atoms. The second-order valence-electron chi connectivity index (χ2n) is 9.94. The van der Waals surface area contributed by atoms with Crippen LogP contribution >= 0.6 is 0 Å². The zero-order valence-corrected chi connectivity index (χ0v) is 16.9. The molecule has 2 N–H and O–H groups in total. The Labute approximate surface area is 164 Å². The molecule has 4 saturated carbocycles. The molecule has 0 aromatic heterocycles. The Morgan fingerprint density at radius 1 is 0.556 bits per heavy atom. The van der Waals surface area contributed by atoms with Gasteiger partial charge in [0.2, 0.25) is 11.8 Å². The summed E-state index contributed by atoms with van der Waals surface area (Å²) in [5.41, 5.74) is 0. The normalized spacial score (nSPS) is 35.0. The van der Waals surface area contributed by atoms with E-state index in [2.05, 4.69) is 10.6 Å². The third-order valence-electron chi connectivity index (χ3n) is 8.00. The summed E-state index contributed by atoms with van der Waals surface area (Å²) in [5, 5.41) is 6.62. The van der Waals surface area contributed by atoms with Gasteiger partial charge in [0, 0.05) is 23.9 Å². The van der Waals surface area contributed by atoms with Gasteiger partial charge in [-0.1, -0.05) is 12.8 Å². The van der Waals surface area contributed by atoms with Crippen molar-refractivity contribution in [2.24, 2.45) is 23.7 Å². The van der Waals surface area contributed by atoms with E-state index >= 15 is 0 Å². The lowest BCUT2D eigenvalue weighted by Crippen LogP contribution is -2.43. The van der Waals surface area contributed by atoms with Gasteiger partial charge in [-0.15, -0.1) is 0 Å². The molecule has 2 amide bonds. The number of carbonyl (C=O) groups is 2. The Morgan fingerprint density at radius 3 is 1.22 bits per heavy atom. The average molecular weight is 375 g/mol. The van der Waals surface area contributed by atoms with E-state index in [4.69, 9.17) is 0 Å². The van der Waals surface area contributed by atoms with Crippen molar-refractivity contribution >= 4 is 11.8 Å². The minimum Gasteiger partial charge on any atom is -0.353 e. The van der Waals surface area contributed by atoms with Gasteiger partial charge >= 0.3 is 0 Å². The molecule has 4 fully saturated rings. The van der Waals surface area contributed by atoms with Crippen molar-refractivity contribution in [3.63, 3.8) is 0 Å². The molecular formula is C23H38N2O2. The molecule has 0 aliphatic heterocycles. The van der Waals surface area contributed by atoms with Crippen LogP contribution in [0.4, 0.5) is 0 Å². The van der Waals surface area contributed by atoms with Gasteiger partial charge in [-0.05, 0) is 95.3 Å². The fourth-order valence-electron chi connectivity index (χ4n) is 5.54. The Morgan fingerprint density at radius 2 is 0.926 bits per heavy atom. The average Bonchev–Trinajstić information content (AvgIpc) is 2.55. The molecule has 4 heteroatoms. The molecule has 0 spiro atoms. The van der Waals surface area contributed by atoms with E-state index in [0.717, 1.165) is 37.5 Å². The van der Waals surface area contributed by atoms with Crippen LogP contribution in [-0.2, 0) is 9.59 Å². The van der Waals surface area contributed by atoms with Crippen molar-refractivity contribution in [3.8, 4) is 0 Å². The molecule has 27 heavy (non-hydrogen) atoms. The van der Waals surface area contributed by atoms with Crippen LogP contribution < -0.4 is 10.6 Å². The van der Waals surface area contributed by atoms with E-state index in [1.54, 1.807) is 0 Å². The fourth-order valence-corrected chi connectivity index (χ4v) is 5.54. The number of hydrogen-bond donors (Lipinski definition) is 2. The van der Waals surface area contributed by atoms with Gasteiger partial charge < -0.3 is 10.6 Å². The summed E-state index contributed by atoms with van der Waals surface area (Å²) >= 11 is 0. The summed E-state index contributed by atoms with van der Waals surface area (Å²) in [4.78, 5) is 24.2. The second kappa shape index (κ2) is 8.96. The Hall–Kier alpha value is -1.06. The minimum atomic E-state index is 0.322. The van der Waals surface area contributed by atoms with E-state index < -0.39 is 0 Å². The maximum atomic E-state index is 12.1. The maximum Gasteiger partial charge on any atom is 0.223 e. The molecule has 0 heterocycles. The van der Waals surface area contributed by atoms with Gasteiger partial charge in [0.25, 0.3) is 0 Å². The van der Waals surface area contributed by atoms with Crippen molar-refractivity contribution in [3.05, 3.63) is 0 Å². The molecule has 4 aliphatic carbocycles. The van der Waals surface area contributed by atoms with Gasteiger partial charge in [0.15, 0.2) is 0 Å². The number of nitrogens with one attached hydrogen (secondary N) is 2. The third kappa shape index (κ3) is 5.06. The van der Waals surface area contributed by atoms with E-state index in [9.17, 15) is 9.59 Å². The van der Waals surface area contributed by atoms with Gasteiger partial charge in [-0.25, -0.2) is 0 Å². The van der Waals surface area contributed by atoms with Gasteiger partial charge in [-0.2, -0.15) is 0 Å². The monoisotopic (exact) mass is 374 g/mol. The van der Waals surface area contributed by atoms with Crippen molar-refractivity contribution in [2.75, 3.05) is 0 Å². The predicted octanol–water partition coefficient (Wildman–Crippen LogP) is 4.33. The van der Waals surface area contributed by atoms with Crippen LogP contribution in [0.15, 0.2) is 0 Å². The smallest absolute Gasteiger partial charge is 0.223 e. The second-order valence-corrected chi connectivity index (χ2v) is 9.94. The van der Waals surface area contributed by atoms with Crippen LogP contribution in [0.3, 0.4) is 0 Å². The van der Waals surface area contributed by atoms with Gasteiger partial charge in [0.05, 0.1) is 0 Å². The fraction of sp³-hybridized carbons (Fsp3) is 0.913. The summed E-state index contributed by atoms with van der Waals surface area (Å²) in [5.74, 6) is 3.00. The largest absolute Gasteiger partial charge is 0.353 e. The first-order chi connectivity index (χ1) is 13.2. The first kappa shape index (κ1) is 19.3. The van der Waals surface area contributed by atoms with Crippen LogP contribution in [0.2, 0.25) is 0 Å². The predicted molar refractivity (Wildman–Crippen MR) is 107 cm³/mol. The Bertz CT molecular complexity index is 464. The molecule has 4 nitrogen and oxygen atoms in total. The molecule has 0 aromatic carbocycles. The molecule has 152 valence electrons. The number of amides is 2. The van der Waals surface area contributed by atoms with Crippen LogP contribution in [0.25, 0.3) is 0 Å². The Kier molecular flexibility index (Phi) is 6.39. The van der Waals surface area contributed by atoms with Crippen molar-refractivity contribution in [1.29, 1.82) is 0 Å². The minimum absolute atomic E-state index is 0.322. The molecule has 4 aliphatic rings. The van der Waals surface area contributed by atoms with E-state index in [1.807, 2.05) is 0 Å². The van der Waals surface area contributed by atoms with Crippen LogP contribution in [0, 0.1) is 23.7 Å². The highest BCUT2D eigenvalue weighted by molar-refractivity contribution is 5.80. The standard InChI is InChI=1S/C23H38N2O2/c26-22(18-3-1-4-18)24-20-11-7-16(8-12-20)15-17-9-13-21(14-10-17)25-23(27)19-5-2-6-19/h16-21H,1-15H2,(H,24,26)(H,25,27). The Balaban J connectivity index is 1.10. The highest BCUT2D eigenvalue weighted by atomic mass is 16.2. The molecule has 0 unspecified atom stereocenters. The van der Waals surface area contributed by atoms with Crippen molar-refractivity contribution < 1.29 is 9.59 Å². The third-order valence-corrected chi connectivity index (χ3v) is 8.00. The van der Waals surface area contributed by atoms with E-state index in [1.165, 1.54) is 70.6 Å². The first-order valence-corrected chi connectivity index (χ1v) is 11.8. The highest BCUT2D eigenvalue weighted by Crippen LogP contribution is 2.36. The zero-order valence-electron chi connectivity index (χ0n) is 16.9. The van der Waals surface area contributed by atoms with Gasteiger partial charge in [-0.3, -0.25) is 9.59 Å². The lowest BCUT2D eigenvalue weighted by Gasteiger charge is -2.36. The molecule has 0 saturated heterocycles.